The molecule has 2 aromatic heterocycles. The van der Waals surface area contributed by atoms with Crippen molar-refractivity contribution in [3.63, 3.8) is 0 Å². The molecule has 6 heteroatoms. The van der Waals surface area contributed by atoms with Gasteiger partial charge in [0.05, 0.1) is 11.1 Å². The van der Waals surface area contributed by atoms with Crippen LogP contribution in [0.25, 0.3) is 11.2 Å². The maximum Gasteiger partial charge on any atom is 0.177 e. The van der Waals surface area contributed by atoms with Gasteiger partial charge >= 0.3 is 0 Å². The highest BCUT2D eigenvalue weighted by atomic mass is 35.5. The molecular formula is C15H24ClN5. The summed E-state index contributed by atoms with van der Waals surface area (Å²) in [5, 5.41) is 6.83. The van der Waals surface area contributed by atoms with Crippen LogP contribution in [0.5, 0.6) is 0 Å². The zero-order chi connectivity index (χ0) is 15.3. The predicted molar refractivity (Wildman–Crippen MR) is 86.5 cm³/mol. The number of alkyl halides is 1. The molecule has 0 aliphatic carbocycles. The number of halogens is 1. The van der Waals surface area contributed by atoms with E-state index in [0.717, 1.165) is 22.7 Å². The van der Waals surface area contributed by atoms with Crippen molar-refractivity contribution >= 4 is 22.8 Å². The third kappa shape index (κ3) is 2.22. The Hall–Kier alpha value is -1.23. The van der Waals surface area contributed by atoms with Crippen molar-refractivity contribution in [2.45, 2.75) is 64.4 Å². The van der Waals surface area contributed by atoms with Gasteiger partial charge in [-0.3, -0.25) is 0 Å². The quantitative estimate of drug-likeness (QED) is 0.799. The van der Waals surface area contributed by atoms with E-state index in [1.807, 2.05) is 25.6 Å². The fourth-order valence-corrected chi connectivity index (χ4v) is 3.70. The summed E-state index contributed by atoms with van der Waals surface area (Å²) in [5.41, 5.74) is 2.97. The van der Waals surface area contributed by atoms with Gasteiger partial charge < -0.3 is 5.01 Å². The second-order valence-corrected chi connectivity index (χ2v) is 6.94. The molecule has 1 aliphatic rings. The molecule has 0 radical (unpaired) electrons. The summed E-state index contributed by atoms with van der Waals surface area (Å²) >= 11 is 6.42. The standard InChI is InChI=1S/C15H24ClN5/c1-9-7-6-8-10(2)20(9)21-14(11(3)16)17-13-12(4)18-19(5)15(13)21/h9-11H,6-8H2,1-5H3. The Morgan fingerprint density at radius 2 is 1.86 bits per heavy atom. The van der Waals surface area contributed by atoms with Gasteiger partial charge in [0, 0.05) is 19.1 Å². The first-order chi connectivity index (χ1) is 9.91. The van der Waals surface area contributed by atoms with Crippen molar-refractivity contribution in [1.82, 2.24) is 19.4 Å². The first-order valence-electron chi connectivity index (χ1n) is 7.76. The number of fused-ring (bicyclic) bond motifs is 1. The van der Waals surface area contributed by atoms with Gasteiger partial charge in [-0.15, -0.1) is 11.6 Å². The molecule has 1 aliphatic heterocycles. The van der Waals surface area contributed by atoms with Gasteiger partial charge in [-0.05, 0) is 47.0 Å². The molecule has 116 valence electrons. The highest BCUT2D eigenvalue weighted by molar-refractivity contribution is 6.20. The van der Waals surface area contributed by atoms with Gasteiger partial charge in [-0.2, -0.15) is 5.10 Å². The highest BCUT2D eigenvalue weighted by Gasteiger charge is 2.31. The second-order valence-electron chi connectivity index (χ2n) is 6.29. The lowest BCUT2D eigenvalue weighted by atomic mass is 10.00. The third-order valence-electron chi connectivity index (χ3n) is 4.54. The highest BCUT2D eigenvalue weighted by Crippen LogP contribution is 2.30. The Morgan fingerprint density at radius 1 is 1.24 bits per heavy atom. The Morgan fingerprint density at radius 3 is 2.43 bits per heavy atom. The fourth-order valence-electron chi connectivity index (χ4n) is 3.56. The number of piperidine rings is 1. The van der Waals surface area contributed by atoms with E-state index in [4.69, 9.17) is 16.6 Å². The summed E-state index contributed by atoms with van der Waals surface area (Å²) in [4.78, 5) is 4.78. The summed E-state index contributed by atoms with van der Waals surface area (Å²) in [6.07, 6.45) is 3.70. The summed E-state index contributed by atoms with van der Waals surface area (Å²) in [5.74, 6) is 0.920. The smallest absolute Gasteiger partial charge is 0.177 e. The number of aromatic nitrogens is 4. The molecule has 1 fully saturated rings. The van der Waals surface area contributed by atoms with Gasteiger partial charge in [-0.25, -0.2) is 14.3 Å². The predicted octanol–water partition coefficient (Wildman–Crippen LogP) is 3.28. The molecule has 3 heterocycles. The van der Waals surface area contributed by atoms with Crippen molar-refractivity contribution in [3.05, 3.63) is 11.5 Å². The van der Waals surface area contributed by atoms with Crippen LogP contribution in [-0.2, 0) is 7.05 Å². The second kappa shape index (κ2) is 5.20. The van der Waals surface area contributed by atoms with Crippen LogP contribution in [-0.4, -0.2) is 31.5 Å². The van der Waals surface area contributed by atoms with Crippen LogP contribution in [0.4, 0.5) is 0 Å². The summed E-state index contributed by atoms with van der Waals surface area (Å²) < 4.78 is 4.15. The van der Waals surface area contributed by atoms with E-state index in [0.29, 0.717) is 12.1 Å². The number of imidazole rings is 1. The van der Waals surface area contributed by atoms with E-state index in [1.54, 1.807) is 0 Å². The molecule has 3 rings (SSSR count). The van der Waals surface area contributed by atoms with Gasteiger partial charge in [0.15, 0.2) is 5.65 Å². The molecule has 1 saturated heterocycles. The Balaban J connectivity index is 2.25. The SMILES string of the molecule is Cc1nn(C)c2c1nc(C(C)Cl)n2N1C(C)CCCC1C. The number of rotatable bonds is 2. The van der Waals surface area contributed by atoms with Crippen LogP contribution in [0, 0.1) is 6.92 Å². The van der Waals surface area contributed by atoms with Crippen molar-refractivity contribution < 1.29 is 0 Å². The van der Waals surface area contributed by atoms with E-state index < -0.39 is 0 Å². The molecular weight excluding hydrogens is 286 g/mol. The molecule has 3 atom stereocenters. The minimum atomic E-state index is -0.127. The van der Waals surface area contributed by atoms with E-state index in [9.17, 15) is 0 Å². The Bertz CT molecular complexity index is 647. The number of nitrogens with zero attached hydrogens (tertiary/aromatic N) is 5. The maximum atomic E-state index is 6.42. The minimum absolute atomic E-state index is 0.127. The normalized spacial score (nSPS) is 24.8. The van der Waals surface area contributed by atoms with Gasteiger partial charge in [0.2, 0.25) is 0 Å². The van der Waals surface area contributed by atoms with Gasteiger partial charge in [0.1, 0.15) is 11.3 Å². The molecule has 0 N–H and O–H groups in total. The molecule has 0 amide bonds. The Labute approximate surface area is 130 Å². The first-order valence-corrected chi connectivity index (χ1v) is 8.20. The van der Waals surface area contributed by atoms with Gasteiger partial charge in [-0.1, -0.05) is 0 Å². The zero-order valence-corrected chi connectivity index (χ0v) is 14.2. The van der Waals surface area contributed by atoms with Gasteiger partial charge in [0.25, 0.3) is 0 Å². The van der Waals surface area contributed by atoms with Crippen molar-refractivity contribution in [3.8, 4) is 0 Å². The minimum Gasteiger partial charge on any atom is -0.304 e. The average molecular weight is 310 g/mol. The van der Waals surface area contributed by atoms with Crippen molar-refractivity contribution in [2.24, 2.45) is 7.05 Å². The molecule has 0 spiro atoms. The summed E-state index contributed by atoms with van der Waals surface area (Å²) in [7, 11) is 1.98. The first kappa shape index (κ1) is 14.7. The topological polar surface area (TPSA) is 38.9 Å². The molecule has 2 aromatic rings. The summed E-state index contributed by atoms with van der Waals surface area (Å²) in [6, 6.07) is 0.964. The van der Waals surface area contributed by atoms with E-state index in [-0.39, 0.29) is 5.38 Å². The van der Waals surface area contributed by atoms with Crippen LogP contribution in [0.15, 0.2) is 0 Å². The van der Waals surface area contributed by atoms with E-state index in [2.05, 4.69) is 28.6 Å². The van der Waals surface area contributed by atoms with E-state index in [1.165, 1.54) is 19.3 Å². The third-order valence-corrected chi connectivity index (χ3v) is 4.73. The van der Waals surface area contributed by atoms with Crippen LogP contribution >= 0.6 is 11.6 Å². The largest absolute Gasteiger partial charge is 0.304 e. The molecule has 0 bridgehead atoms. The monoisotopic (exact) mass is 309 g/mol. The van der Waals surface area contributed by atoms with Crippen molar-refractivity contribution in [2.75, 3.05) is 5.01 Å². The molecule has 21 heavy (non-hydrogen) atoms. The van der Waals surface area contributed by atoms with Crippen molar-refractivity contribution in [1.29, 1.82) is 0 Å². The molecule has 0 aromatic carbocycles. The number of aryl methyl sites for hydroxylation is 2. The number of hydrogen-bond donors (Lipinski definition) is 0. The lowest BCUT2D eigenvalue weighted by molar-refractivity contribution is 0.333. The average Bonchev–Trinajstić information content (AvgIpc) is 2.90. The summed E-state index contributed by atoms with van der Waals surface area (Å²) in [6.45, 7) is 8.56. The lowest BCUT2D eigenvalue weighted by Gasteiger charge is -2.42. The fraction of sp³-hybridized carbons (Fsp3) is 0.733. The van der Waals surface area contributed by atoms with Crippen LogP contribution in [0.1, 0.15) is 56.9 Å². The molecule has 3 unspecified atom stereocenters. The molecule has 5 nitrogen and oxygen atoms in total. The Kier molecular flexibility index (Phi) is 3.64. The van der Waals surface area contributed by atoms with E-state index >= 15 is 0 Å². The van der Waals surface area contributed by atoms with Crippen LogP contribution in [0.2, 0.25) is 0 Å². The number of hydrogen-bond acceptors (Lipinski definition) is 3. The molecule has 0 saturated carbocycles. The zero-order valence-electron chi connectivity index (χ0n) is 13.5. The van der Waals surface area contributed by atoms with Crippen LogP contribution < -0.4 is 5.01 Å². The lowest BCUT2D eigenvalue weighted by Crippen LogP contribution is -2.51. The van der Waals surface area contributed by atoms with Crippen LogP contribution in [0.3, 0.4) is 0 Å². The maximum absolute atomic E-state index is 6.42.